The van der Waals surface area contributed by atoms with E-state index in [4.69, 9.17) is 11.6 Å². The van der Waals surface area contributed by atoms with E-state index >= 15 is 0 Å². The minimum Gasteiger partial charge on any atom is -0.313 e. The Morgan fingerprint density at radius 3 is 2.50 bits per heavy atom. The second-order valence-corrected chi connectivity index (χ2v) is 4.00. The molecule has 0 radical (unpaired) electrons. The highest BCUT2D eigenvalue weighted by atomic mass is 35.5. The third-order valence-corrected chi connectivity index (χ3v) is 2.73. The smallest absolute Gasteiger partial charge is 0.226 e. The molecule has 0 atom stereocenters. The molecule has 1 rings (SSSR count). The first-order valence-corrected chi connectivity index (χ1v) is 6.24. The van der Waals surface area contributed by atoms with Gasteiger partial charge in [-0.2, -0.15) is 0 Å². The maximum atomic E-state index is 11.9. The molecule has 16 heavy (non-hydrogen) atoms. The third kappa shape index (κ3) is 3.86. The summed E-state index contributed by atoms with van der Waals surface area (Å²) in [5.41, 5.74) is 0.973. The van der Waals surface area contributed by atoms with Crippen LogP contribution in [0, 0.1) is 0 Å². The Morgan fingerprint density at radius 2 is 1.94 bits per heavy atom. The van der Waals surface area contributed by atoms with Crippen LogP contribution in [0.25, 0.3) is 0 Å². The fourth-order valence-electron chi connectivity index (χ4n) is 1.62. The van der Waals surface area contributed by atoms with Gasteiger partial charge < -0.3 is 4.90 Å². The van der Waals surface area contributed by atoms with E-state index in [0.29, 0.717) is 18.8 Å². The van der Waals surface area contributed by atoms with Gasteiger partial charge in [-0.1, -0.05) is 18.2 Å². The van der Waals surface area contributed by atoms with Crippen LogP contribution >= 0.6 is 11.6 Å². The van der Waals surface area contributed by atoms with Crippen molar-refractivity contribution in [2.24, 2.45) is 0 Å². The monoisotopic (exact) mass is 239 g/mol. The Kier molecular flexibility index (Phi) is 5.94. The van der Waals surface area contributed by atoms with E-state index in [-0.39, 0.29) is 5.91 Å². The lowest BCUT2D eigenvalue weighted by atomic mass is 10.2. The van der Waals surface area contributed by atoms with Crippen LogP contribution < -0.4 is 4.90 Å². The normalized spacial score (nSPS) is 10.1. The van der Waals surface area contributed by atoms with Crippen LogP contribution in [-0.2, 0) is 4.79 Å². The second-order valence-electron chi connectivity index (χ2n) is 3.62. The number of hydrogen-bond acceptors (Lipinski definition) is 1. The van der Waals surface area contributed by atoms with E-state index in [1.807, 2.05) is 42.2 Å². The number of carbonyl (C=O) groups is 1. The summed E-state index contributed by atoms with van der Waals surface area (Å²) < 4.78 is 0. The standard InChI is InChI=1S/C13H18ClNO/c1-2-15(12-8-4-3-5-9-12)13(16)10-6-7-11-14/h3-5,8-9H,2,6-7,10-11H2,1H3. The highest BCUT2D eigenvalue weighted by Crippen LogP contribution is 2.15. The van der Waals surface area contributed by atoms with Crippen molar-refractivity contribution in [1.82, 2.24) is 0 Å². The van der Waals surface area contributed by atoms with Gasteiger partial charge in [-0.25, -0.2) is 0 Å². The lowest BCUT2D eigenvalue weighted by Gasteiger charge is -2.20. The minimum atomic E-state index is 0.179. The Bertz CT molecular complexity index is 313. The fraction of sp³-hybridized carbons (Fsp3) is 0.462. The molecule has 0 bridgehead atoms. The van der Waals surface area contributed by atoms with E-state index in [1.165, 1.54) is 0 Å². The van der Waals surface area contributed by atoms with Gasteiger partial charge in [0.15, 0.2) is 0 Å². The highest BCUT2D eigenvalue weighted by Gasteiger charge is 2.12. The molecule has 1 amide bonds. The van der Waals surface area contributed by atoms with Crippen molar-refractivity contribution in [3.8, 4) is 0 Å². The molecule has 0 N–H and O–H groups in total. The van der Waals surface area contributed by atoms with Gasteiger partial charge >= 0.3 is 0 Å². The van der Waals surface area contributed by atoms with Crippen LogP contribution in [0.4, 0.5) is 5.69 Å². The summed E-state index contributed by atoms with van der Waals surface area (Å²) in [7, 11) is 0. The number of anilines is 1. The zero-order chi connectivity index (χ0) is 11.8. The third-order valence-electron chi connectivity index (χ3n) is 2.46. The predicted octanol–water partition coefficient (Wildman–Crippen LogP) is 3.45. The number of nitrogens with zero attached hydrogens (tertiary/aromatic N) is 1. The molecule has 0 fully saturated rings. The summed E-state index contributed by atoms with van der Waals surface area (Å²) in [6, 6.07) is 9.77. The van der Waals surface area contributed by atoms with E-state index in [0.717, 1.165) is 18.5 Å². The average molecular weight is 240 g/mol. The number of para-hydroxylation sites is 1. The van der Waals surface area contributed by atoms with Gasteiger partial charge in [0.1, 0.15) is 0 Å². The summed E-state index contributed by atoms with van der Waals surface area (Å²) >= 11 is 5.59. The molecule has 1 aromatic carbocycles. The molecule has 88 valence electrons. The number of halogens is 1. The van der Waals surface area contributed by atoms with Gasteiger partial charge in [0.05, 0.1) is 0 Å². The summed E-state index contributed by atoms with van der Waals surface area (Å²) in [5, 5.41) is 0. The van der Waals surface area contributed by atoms with Gasteiger partial charge in [-0.3, -0.25) is 4.79 Å². The SMILES string of the molecule is CCN(C(=O)CCCCCl)c1ccccc1. The maximum Gasteiger partial charge on any atom is 0.226 e. The highest BCUT2D eigenvalue weighted by molar-refractivity contribution is 6.17. The lowest BCUT2D eigenvalue weighted by Crippen LogP contribution is -2.30. The molecule has 2 nitrogen and oxygen atoms in total. The van der Waals surface area contributed by atoms with Gasteiger partial charge in [0.25, 0.3) is 0 Å². The molecule has 0 aromatic heterocycles. The Labute approximate surface area is 102 Å². The number of benzene rings is 1. The molecule has 0 aliphatic carbocycles. The van der Waals surface area contributed by atoms with Crippen molar-refractivity contribution in [3.63, 3.8) is 0 Å². The summed E-state index contributed by atoms with van der Waals surface area (Å²) in [6.07, 6.45) is 2.35. The molecule has 0 heterocycles. The molecular weight excluding hydrogens is 222 g/mol. The summed E-state index contributed by atoms with van der Waals surface area (Å²) in [5.74, 6) is 0.809. The number of unbranched alkanes of at least 4 members (excludes halogenated alkanes) is 1. The Hall–Kier alpha value is -1.02. The molecule has 0 aliphatic heterocycles. The van der Waals surface area contributed by atoms with Gasteiger partial charge in [-0.05, 0) is 31.9 Å². The minimum absolute atomic E-state index is 0.179. The van der Waals surface area contributed by atoms with Crippen LogP contribution in [0.5, 0.6) is 0 Å². The Morgan fingerprint density at radius 1 is 1.25 bits per heavy atom. The van der Waals surface area contributed by atoms with Crippen molar-refractivity contribution < 1.29 is 4.79 Å². The average Bonchev–Trinajstić information content (AvgIpc) is 2.32. The molecule has 0 spiro atoms. The van der Waals surface area contributed by atoms with E-state index < -0.39 is 0 Å². The van der Waals surface area contributed by atoms with Crippen molar-refractivity contribution >= 4 is 23.2 Å². The quantitative estimate of drug-likeness (QED) is 0.550. The van der Waals surface area contributed by atoms with Crippen molar-refractivity contribution in [2.45, 2.75) is 26.2 Å². The van der Waals surface area contributed by atoms with E-state index in [9.17, 15) is 4.79 Å². The topological polar surface area (TPSA) is 20.3 Å². The molecule has 0 saturated heterocycles. The maximum absolute atomic E-state index is 11.9. The first-order chi connectivity index (χ1) is 7.79. The molecule has 3 heteroatoms. The zero-order valence-electron chi connectivity index (χ0n) is 9.66. The summed E-state index contributed by atoms with van der Waals surface area (Å²) in [4.78, 5) is 13.7. The fourth-order valence-corrected chi connectivity index (χ4v) is 1.81. The van der Waals surface area contributed by atoms with Crippen LogP contribution in [0.3, 0.4) is 0 Å². The molecule has 0 aliphatic rings. The molecule has 0 saturated carbocycles. The van der Waals surface area contributed by atoms with Crippen LogP contribution in [-0.4, -0.2) is 18.3 Å². The van der Waals surface area contributed by atoms with Crippen molar-refractivity contribution in [3.05, 3.63) is 30.3 Å². The molecule has 0 unspecified atom stereocenters. The number of hydrogen-bond donors (Lipinski definition) is 0. The second kappa shape index (κ2) is 7.29. The van der Waals surface area contributed by atoms with Gasteiger partial charge in [-0.15, -0.1) is 11.6 Å². The van der Waals surface area contributed by atoms with Crippen molar-refractivity contribution in [2.75, 3.05) is 17.3 Å². The lowest BCUT2D eigenvalue weighted by molar-refractivity contribution is -0.118. The molecule has 1 aromatic rings. The molecular formula is C13H18ClNO. The number of carbonyl (C=O) groups excluding carboxylic acids is 1. The number of alkyl halides is 1. The van der Waals surface area contributed by atoms with Gasteiger partial charge in [0, 0.05) is 24.5 Å². The van der Waals surface area contributed by atoms with Crippen LogP contribution in [0.15, 0.2) is 30.3 Å². The number of rotatable bonds is 6. The van der Waals surface area contributed by atoms with Crippen molar-refractivity contribution in [1.29, 1.82) is 0 Å². The zero-order valence-corrected chi connectivity index (χ0v) is 10.4. The van der Waals surface area contributed by atoms with Crippen LogP contribution in [0.1, 0.15) is 26.2 Å². The number of amides is 1. The van der Waals surface area contributed by atoms with Gasteiger partial charge in [0.2, 0.25) is 5.91 Å². The van der Waals surface area contributed by atoms with E-state index in [1.54, 1.807) is 0 Å². The van der Waals surface area contributed by atoms with E-state index in [2.05, 4.69) is 0 Å². The van der Waals surface area contributed by atoms with Crippen LogP contribution in [0.2, 0.25) is 0 Å². The largest absolute Gasteiger partial charge is 0.313 e. The first kappa shape index (κ1) is 13.0. The predicted molar refractivity (Wildman–Crippen MR) is 69.0 cm³/mol. The Balaban J connectivity index is 2.57. The first-order valence-electron chi connectivity index (χ1n) is 5.71. The summed E-state index contributed by atoms with van der Waals surface area (Å²) in [6.45, 7) is 2.70.